The summed E-state index contributed by atoms with van der Waals surface area (Å²) >= 11 is 0. The van der Waals surface area contributed by atoms with Crippen LogP contribution in [0, 0.1) is 0 Å². The molecule has 1 aromatic heterocycles. The lowest BCUT2D eigenvalue weighted by atomic mass is 9.94. The number of aromatic nitrogens is 4. The SMILES string of the molecule is COC(=O)[C@]1(c2nn[nH]n2)CCCN1C(=O)[C@H](C)NC(=O)OC(C)(C)C. The fraction of sp³-hybridized carbons (Fsp3) is 0.733. The molecule has 11 nitrogen and oxygen atoms in total. The number of carbonyl (C=O) groups excluding carboxylic acids is 3. The number of H-pyrrole nitrogens is 1. The van der Waals surface area contributed by atoms with E-state index >= 15 is 0 Å². The van der Waals surface area contributed by atoms with Gasteiger partial charge in [-0.3, -0.25) is 4.79 Å². The van der Waals surface area contributed by atoms with Crippen LogP contribution in [0.15, 0.2) is 0 Å². The van der Waals surface area contributed by atoms with Crippen LogP contribution in [-0.2, 0) is 24.6 Å². The molecule has 0 aliphatic carbocycles. The number of methoxy groups -OCH3 is 1. The van der Waals surface area contributed by atoms with E-state index in [1.54, 1.807) is 20.8 Å². The van der Waals surface area contributed by atoms with Crippen LogP contribution in [0.25, 0.3) is 0 Å². The van der Waals surface area contributed by atoms with Gasteiger partial charge in [-0.15, -0.1) is 10.2 Å². The first-order valence-corrected chi connectivity index (χ1v) is 8.25. The van der Waals surface area contributed by atoms with Crippen molar-refractivity contribution in [3.05, 3.63) is 5.82 Å². The van der Waals surface area contributed by atoms with Gasteiger partial charge in [0.1, 0.15) is 11.6 Å². The molecule has 2 amide bonds. The summed E-state index contributed by atoms with van der Waals surface area (Å²) in [5.74, 6) is -1.07. The summed E-state index contributed by atoms with van der Waals surface area (Å²) in [6, 6.07) is -0.918. The minimum Gasteiger partial charge on any atom is -0.467 e. The average molecular weight is 368 g/mol. The number of tetrazole rings is 1. The predicted octanol–water partition coefficient (Wildman–Crippen LogP) is 0.104. The molecule has 1 saturated heterocycles. The molecule has 0 spiro atoms. The predicted molar refractivity (Wildman–Crippen MR) is 87.7 cm³/mol. The number of nitrogens with zero attached hydrogens (tertiary/aromatic N) is 4. The van der Waals surface area contributed by atoms with Crippen molar-refractivity contribution in [3.8, 4) is 0 Å². The number of esters is 1. The van der Waals surface area contributed by atoms with E-state index in [9.17, 15) is 14.4 Å². The average Bonchev–Trinajstić information content (AvgIpc) is 3.20. The lowest BCUT2D eigenvalue weighted by molar-refractivity contribution is -0.161. The number of ether oxygens (including phenoxy) is 2. The van der Waals surface area contributed by atoms with Crippen molar-refractivity contribution in [3.63, 3.8) is 0 Å². The number of alkyl carbamates (subject to hydrolysis) is 1. The highest BCUT2D eigenvalue weighted by Gasteiger charge is 2.56. The van der Waals surface area contributed by atoms with Crippen LogP contribution in [0.5, 0.6) is 0 Å². The number of carbonyl (C=O) groups is 3. The molecule has 26 heavy (non-hydrogen) atoms. The summed E-state index contributed by atoms with van der Waals surface area (Å²) < 4.78 is 10.1. The molecule has 2 rings (SSSR count). The summed E-state index contributed by atoms with van der Waals surface area (Å²) in [6.07, 6.45) is 0.124. The molecule has 1 aliphatic rings. The van der Waals surface area contributed by atoms with Crippen molar-refractivity contribution >= 4 is 18.0 Å². The van der Waals surface area contributed by atoms with Crippen LogP contribution in [-0.4, -0.2) is 68.8 Å². The standard InChI is InChI=1S/C15H24N6O5/c1-9(16-13(24)26-14(2,3)4)10(22)21-8-6-7-15(21,12(23)25-5)11-17-19-20-18-11/h9H,6-8H2,1-5H3,(H,16,24)(H,17,18,19,20)/t9-,15+/m0/s1. The van der Waals surface area contributed by atoms with Crippen molar-refractivity contribution in [2.24, 2.45) is 0 Å². The largest absolute Gasteiger partial charge is 0.467 e. The molecule has 1 fully saturated rings. The van der Waals surface area contributed by atoms with Gasteiger partial charge in [0.25, 0.3) is 0 Å². The first-order chi connectivity index (χ1) is 12.1. The van der Waals surface area contributed by atoms with Gasteiger partial charge in [-0.25, -0.2) is 9.59 Å². The molecule has 2 atom stereocenters. The summed E-state index contributed by atoms with van der Waals surface area (Å²) in [5.41, 5.74) is -2.16. The number of aromatic amines is 1. The van der Waals surface area contributed by atoms with Crippen LogP contribution in [0.1, 0.15) is 46.4 Å². The summed E-state index contributed by atoms with van der Waals surface area (Å²) in [6.45, 7) is 6.97. The molecule has 0 aromatic carbocycles. The Morgan fingerprint density at radius 3 is 2.58 bits per heavy atom. The molecular weight excluding hydrogens is 344 g/mol. The smallest absolute Gasteiger partial charge is 0.408 e. The van der Waals surface area contributed by atoms with E-state index in [0.29, 0.717) is 19.4 Å². The Kier molecular flexibility index (Phi) is 5.47. The second-order valence-corrected chi connectivity index (χ2v) is 7.05. The quantitative estimate of drug-likeness (QED) is 0.714. The summed E-state index contributed by atoms with van der Waals surface area (Å²) in [7, 11) is 1.23. The summed E-state index contributed by atoms with van der Waals surface area (Å²) in [4.78, 5) is 38.7. The van der Waals surface area contributed by atoms with E-state index in [-0.39, 0.29) is 5.82 Å². The van der Waals surface area contributed by atoms with Crippen molar-refractivity contribution in [2.75, 3.05) is 13.7 Å². The van der Waals surface area contributed by atoms with Crippen molar-refractivity contribution in [1.82, 2.24) is 30.8 Å². The topological polar surface area (TPSA) is 139 Å². The number of likely N-dealkylation sites (tertiary alicyclic amines) is 1. The maximum atomic E-state index is 12.9. The Labute approximate surface area is 150 Å². The Balaban J connectivity index is 2.23. The van der Waals surface area contributed by atoms with Crippen LogP contribution < -0.4 is 5.32 Å². The molecule has 11 heteroatoms. The van der Waals surface area contributed by atoms with Crippen molar-refractivity contribution in [2.45, 2.75) is 57.7 Å². The number of amides is 2. The van der Waals surface area contributed by atoms with Gasteiger partial charge in [0.05, 0.1) is 7.11 Å². The van der Waals surface area contributed by atoms with Crippen molar-refractivity contribution < 1.29 is 23.9 Å². The molecule has 0 unspecified atom stereocenters. The molecule has 2 heterocycles. The molecule has 0 saturated carbocycles. The highest BCUT2D eigenvalue weighted by Crippen LogP contribution is 2.38. The Hall–Kier alpha value is -2.72. The minimum absolute atomic E-state index is 0.0552. The first kappa shape index (κ1) is 19.6. The van der Waals surface area contributed by atoms with E-state index in [4.69, 9.17) is 9.47 Å². The Morgan fingerprint density at radius 2 is 2.04 bits per heavy atom. The Morgan fingerprint density at radius 1 is 1.35 bits per heavy atom. The van der Waals surface area contributed by atoms with E-state index in [2.05, 4.69) is 25.9 Å². The van der Waals surface area contributed by atoms with Gasteiger partial charge in [0.2, 0.25) is 17.3 Å². The minimum atomic E-state index is -1.47. The zero-order chi connectivity index (χ0) is 19.5. The van der Waals surface area contributed by atoms with E-state index < -0.39 is 35.2 Å². The van der Waals surface area contributed by atoms with Gasteiger partial charge in [-0.05, 0) is 40.5 Å². The number of hydrogen-bond donors (Lipinski definition) is 2. The van der Waals surface area contributed by atoms with E-state index in [0.717, 1.165) is 0 Å². The molecule has 0 bridgehead atoms. The van der Waals surface area contributed by atoms with Crippen LogP contribution in [0.4, 0.5) is 4.79 Å². The third kappa shape index (κ3) is 3.75. The second kappa shape index (κ2) is 7.26. The zero-order valence-corrected chi connectivity index (χ0v) is 15.5. The molecule has 144 valence electrons. The lowest BCUT2D eigenvalue weighted by Gasteiger charge is -2.34. The first-order valence-electron chi connectivity index (χ1n) is 8.25. The normalized spacial score (nSPS) is 21.2. The second-order valence-electron chi connectivity index (χ2n) is 7.05. The third-order valence-electron chi connectivity index (χ3n) is 3.99. The maximum Gasteiger partial charge on any atom is 0.408 e. The molecule has 2 N–H and O–H groups in total. The monoisotopic (exact) mass is 368 g/mol. The number of rotatable bonds is 4. The van der Waals surface area contributed by atoms with Crippen LogP contribution in [0.2, 0.25) is 0 Å². The van der Waals surface area contributed by atoms with Gasteiger partial charge < -0.3 is 19.7 Å². The Bertz CT molecular complexity index is 671. The third-order valence-corrected chi connectivity index (χ3v) is 3.99. The van der Waals surface area contributed by atoms with E-state index in [1.807, 2.05) is 0 Å². The van der Waals surface area contributed by atoms with Gasteiger partial charge in [0.15, 0.2) is 0 Å². The maximum absolute atomic E-state index is 12.9. The van der Waals surface area contributed by atoms with E-state index in [1.165, 1.54) is 18.9 Å². The van der Waals surface area contributed by atoms with Gasteiger partial charge in [-0.2, -0.15) is 5.21 Å². The fourth-order valence-corrected chi connectivity index (χ4v) is 2.94. The van der Waals surface area contributed by atoms with Gasteiger partial charge in [-0.1, -0.05) is 5.21 Å². The lowest BCUT2D eigenvalue weighted by Crippen LogP contribution is -2.57. The molecule has 1 aliphatic heterocycles. The number of nitrogens with one attached hydrogen (secondary N) is 2. The fourth-order valence-electron chi connectivity index (χ4n) is 2.94. The summed E-state index contributed by atoms with van der Waals surface area (Å²) in [5, 5.41) is 16.0. The number of hydrogen-bond acceptors (Lipinski definition) is 8. The zero-order valence-electron chi connectivity index (χ0n) is 15.5. The van der Waals surface area contributed by atoms with Crippen molar-refractivity contribution in [1.29, 1.82) is 0 Å². The highest BCUT2D eigenvalue weighted by molar-refractivity contribution is 5.92. The molecule has 1 aromatic rings. The molecular formula is C15H24N6O5. The van der Waals surface area contributed by atoms with Crippen LogP contribution in [0.3, 0.4) is 0 Å². The van der Waals surface area contributed by atoms with Gasteiger partial charge >= 0.3 is 12.1 Å². The highest BCUT2D eigenvalue weighted by atomic mass is 16.6. The molecule has 0 radical (unpaired) electrons. The van der Waals surface area contributed by atoms with Gasteiger partial charge in [0, 0.05) is 6.54 Å². The van der Waals surface area contributed by atoms with Crippen LogP contribution >= 0.6 is 0 Å².